The number of thioether (sulfide) groups is 1. The van der Waals surface area contributed by atoms with Crippen LogP contribution in [0, 0.1) is 0 Å². The van der Waals surface area contributed by atoms with E-state index in [2.05, 4.69) is 29.4 Å². The lowest BCUT2D eigenvalue weighted by Crippen LogP contribution is -2.14. The van der Waals surface area contributed by atoms with Gasteiger partial charge >= 0.3 is 0 Å². The van der Waals surface area contributed by atoms with E-state index in [0.29, 0.717) is 21.9 Å². The van der Waals surface area contributed by atoms with E-state index >= 15 is 0 Å². The van der Waals surface area contributed by atoms with Crippen molar-refractivity contribution in [2.75, 3.05) is 18.2 Å². The normalized spacial score (nSPS) is 11.0. The van der Waals surface area contributed by atoms with Gasteiger partial charge in [0.2, 0.25) is 5.91 Å². The van der Waals surface area contributed by atoms with Gasteiger partial charge in [0.25, 0.3) is 0 Å². The van der Waals surface area contributed by atoms with Gasteiger partial charge in [0.1, 0.15) is 5.75 Å². The second-order valence-corrected chi connectivity index (χ2v) is 9.34. The van der Waals surface area contributed by atoms with Crippen LogP contribution in [-0.2, 0) is 4.79 Å². The molecule has 0 aliphatic heterocycles. The quantitative estimate of drug-likeness (QED) is 0.286. The van der Waals surface area contributed by atoms with Crippen LogP contribution in [-0.4, -0.2) is 33.5 Å². The SMILES string of the molecule is COc1cccc(-c2nnc(SCC(=O)Nc3ccc(C(C)C)cc3)n2-c2ccc(Cl)cc2)c1. The average molecular weight is 493 g/mol. The maximum atomic E-state index is 12.6. The number of nitrogens with zero attached hydrogens (tertiary/aromatic N) is 3. The highest BCUT2D eigenvalue weighted by Gasteiger charge is 2.18. The van der Waals surface area contributed by atoms with E-state index in [4.69, 9.17) is 16.3 Å². The Bertz CT molecular complexity index is 1270. The lowest BCUT2D eigenvalue weighted by molar-refractivity contribution is -0.113. The number of anilines is 1. The summed E-state index contributed by atoms with van der Waals surface area (Å²) < 4.78 is 7.28. The molecule has 1 N–H and O–H groups in total. The van der Waals surface area contributed by atoms with Gasteiger partial charge in [-0.1, -0.05) is 61.5 Å². The molecule has 8 heteroatoms. The number of aromatic nitrogens is 3. The van der Waals surface area contributed by atoms with Crippen molar-refractivity contribution >= 4 is 35.0 Å². The molecule has 34 heavy (non-hydrogen) atoms. The molecular weight excluding hydrogens is 468 g/mol. The first-order chi connectivity index (χ1) is 16.4. The monoisotopic (exact) mass is 492 g/mol. The average Bonchev–Trinajstić information content (AvgIpc) is 3.27. The molecule has 6 nitrogen and oxygen atoms in total. The summed E-state index contributed by atoms with van der Waals surface area (Å²) in [5, 5.41) is 13.0. The predicted octanol–water partition coefficient (Wildman–Crippen LogP) is 6.45. The fourth-order valence-corrected chi connectivity index (χ4v) is 4.29. The van der Waals surface area contributed by atoms with E-state index < -0.39 is 0 Å². The highest BCUT2D eigenvalue weighted by atomic mass is 35.5. The minimum atomic E-state index is -0.115. The minimum absolute atomic E-state index is 0.115. The molecule has 4 aromatic rings. The summed E-state index contributed by atoms with van der Waals surface area (Å²) in [7, 11) is 1.62. The number of carbonyl (C=O) groups excluding carboxylic acids is 1. The second-order valence-electron chi connectivity index (χ2n) is 7.96. The van der Waals surface area contributed by atoms with E-state index in [0.717, 1.165) is 22.7 Å². The third kappa shape index (κ3) is 5.61. The number of hydrogen-bond acceptors (Lipinski definition) is 5. The van der Waals surface area contributed by atoms with Gasteiger partial charge in [-0.15, -0.1) is 10.2 Å². The first kappa shape index (κ1) is 23.9. The van der Waals surface area contributed by atoms with Crippen LogP contribution in [0.4, 0.5) is 5.69 Å². The maximum absolute atomic E-state index is 12.6. The Morgan fingerprint density at radius 2 is 1.79 bits per heavy atom. The molecule has 1 aromatic heterocycles. The summed E-state index contributed by atoms with van der Waals surface area (Å²) in [6, 6.07) is 23.0. The molecule has 1 amide bonds. The summed E-state index contributed by atoms with van der Waals surface area (Å²) in [5.41, 5.74) is 3.70. The van der Waals surface area contributed by atoms with E-state index in [1.165, 1.54) is 17.3 Å². The molecule has 0 bridgehead atoms. The van der Waals surface area contributed by atoms with Gasteiger partial charge in [0.15, 0.2) is 11.0 Å². The third-order valence-corrected chi connectivity index (χ3v) is 6.42. The first-order valence-corrected chi connectivity index (χ1v) is 12.2. The van der Waals surface area contributed by atoms with Crippen molar-refractivity contribution in [3.63, 3.8) is 0 Å². The molecule has 0 atom stereocenters. The van der Waals surface area contributed by atoms with E-state index in [-0.39, 0.29) is 11.7 Å². The molecule has 0 spiro atoms. The van der Waals surface area contributed by atoms with Crippen LogP contribution in [0.25, 0.3) is 17.1 Å². The standard InChI is InChI=1S/C26H25ClN4O2S/c1-17(2)18-7-11-21(12-8-18)28-24(32)16-34-26-30-29-25(19-5-4-6-23(15-19)33-3)31(26)22-13-9-20(27)10-14-22/h4-15,17H,16H2,1-3H3,(H,28,32). The van der Waals surface area contributed by atoms with Gasteiger partial charge in [-0.25, -0.2) is 0 Å². The van der Waals surface area contributed by atoms with Crippen molar-refractivity contribution < 1.29 is 9.53 Å². The van der Waals surface area contributed by atoms with Gasteiger partial charge in [-0.3, -0.25) is 9.36 Å². The van der Waals surface area contributed by atoms with E-state index in [9.17, 15) is 4.79 Å². The van der Waals surface area contributed by atoms with Gasteiger partial charge in [-0.2, -0.15) is 0 Å². The largest absolute Gasteiger partial charge is 0.497 e. The molecule has 0 saturated heterocycles. The summed E-state index contributed by atoms with van der Waals surface area (Å²) >= 11 is 7.42. The molecule has 3 aromatic carbocycles. The van der Waals surface area contributed by atoms with Gasteiger partial charge < -0.3 is 10.1 Å². The minimum Gasteiger partial charge on any atom is -0.497 e. The number of halogens is 1. The Balaban J connectivity index is 1.57. The first-order valence-electron chi connectivity index (χ1n) is 10.8. The number of nitrogens with one attached hydrogen (secondary N) is 1. The maximum Gasteiger partial charge on any atom is 0.234 e. The molecule has 4 rings (SSSR count). The van der Waals surface area contributed by atoms with Crippen molar-refractivity contribution in [2.24, 2.45) is 0 Å². The zero-order valence-corrected chi connectivity index (χ0v) is 20.7. The van der Waals surface area contributed by atoms with Crippen LogP contribution in [0.2, 0.25) is 5.02 Å². The highest BCUT2D eigenvalue weighted by Crippen LogP contribution is 2.30. The Hall–Kier alpha value is -3.29. The van der Waals surface area contributed by atoms with Crippen LogP contribution >= 0.6 is 23.4 Å². The lowest BCUT2D eigenvalue weighted by atomic mass is 10.0. The lowest BCUT2D eigenvalue weighted by Gasteiger charge is -2.11. The van der Waals surface area contributed by atoms with Crippen molar-refractivity contribution in [3.05, 3.63) is 83.4 Å². The van der Waals surface area contributed by atoms with Crippen LogP contribution < -0.4 is 10.1 Å². The van der Waals surface area contributed by atoms with Crippen molar-refractivity contribution in [1.82, 2.24) is 14.8 Å². The zero-order chi connectivity index (χ0) is 24.1. The number of carbonyl (C=O) groups is 1. The Kier molecular flexibility index (Phi) is 7.55. The second kappa shape index (κ2) is 10.8. The molecule has 0 radical (unpaired) electrons. The Morgan fingerprint density at radius 1 is 1.06 bits per heavy atom. The number of ether oxygens (including phenoxy) is 1. The molecule has 0 aliphatic rings. The molecule has 0 aliphatic carbocycles. The predicted molar refractivity (Wildman–Crippen MR) is 138 cm³/mol. The fourth-order valence-electron chi connectivity index (χ4n) is 3.41. The summed E-state index contributed by atoms with van der Waals surface area (Å²) in [6.07, 6.45) is 0. The number of methoxy groups -OCH3 is 1. The topological polar surface area (TPSA) is 69.0 Å². The van der Waals surface area contributed by atoms with Crippen molar-refractivity contribution in [3.8, 4) is 22.8 Å². The Labute approximate surface area is 208 Å². The highest BCUT2D eigenvalue weighted by molar-refractivity contribution is 7.99. The molecule has 0 fully saturated rings. The molecule has 174 valence electrons. The molecule has 0 unspecified atom stereocenters. The van der Waals surface area contributed by atoms with E-state index in [1.807, 2.05) is 77.4 Å². The van der Waals surface area contributed by atoms with Crippen molar-refractivity contribution in [1.29, 1.82) is 0 Å². The number of benzene rings is 3. The van der Waals surface area contributed by atoms with Gasteiger partial charge in [0.05, 0.1) is 12.9 Å². The zero-order valence-electron chi connectivity index (χ0n) is 19.2. The molecule has 1 heterocycles. The van der Waals surface area contributed by atoms with Crippen LogP contribution in [0.1, 0.15) is 25.3 Å². The van der Waals surface area contributed by atoms with E-state index in [1.54, 1.807) is 7.11 Å². The summed E-state index contributed by atoms with van der Waals surface area (Å²) in [4.78, 5) is 12.6. The van der Waals surface area contributed by atoms with Crippen molar-refractivity contribution in [2.45, 2.75) is 24.9 Å². The smallest absolute Gasteiger partial charge is 0.234 e. The number of rotatable bonds is 8. The summed E-state index contributed by atoms with van der Waals surface area (Å²) in [5.74, 6) is 1.89. The number of hydrogen-bond donors (Lipinski definition) is 1. The van der Waals surface area contributed by atoms with Gasteiger partial charge in [-0.05, 0) is 60.0 Å². The fraction of sp³-hybridized carbons (Fsp3) is 0.192. The molecule has 0 saturated carbocycles. The van der Waals surface area contributed by atoms with Crippen LogP contribution in [0.3, 0.4) is 0 Å². The molecular formula is C26H25ClN4O2S. The van der Waals surface area contributed by atoms with Crippen LogP contribution in [0.5, 0.6) is 5.75 Å². The number of amides is 1. The summed E-state index contributed by atoms with van der Waals surface area (Å²) in [6.45, 7) is 4.28. The third-order valence-electron chi connectivity index (χ3n) is 5.24. The van der Waals surface area contributed by atoms with Gasteiger partial charge in [0, 0.05) is 22.0 Å². The Morgan fingerprint density at radius 3 is 2.47 bits per heavy atom. The van der Waals surface area contributed by atoms with Crippen LogP contribution in [0.15, 0.2) is 78.0 Å².